The highest BCUT2D eigenvalue weighted by molar-refractivity contribution is 5.50. The SMILES string of the molecule is Cc1ccc([C@@H](CNc2nc(N)nc3c2CCNCC3)N(C)C)cc1. The minimum absolute atomic E-state index is 0.261. The van der Waals surface area contributed by atoms with Gasteiger partial charge in [-0.2, -0.15) is 4.98 Å². The van der Waals surface area contributed by atoms with E-state index in [2.05, 4.69) is 70.8 Å². The number of benzene rings is 1. The van der Waals surface area contributed by atoms with Gasteiger partial charge in [0.25, 0.3) is 0 Å². The molecule has 6 heteroatoms. The molecular formula is C19H28N6. The molecular weight excluding hydrogens is 312 g/mol. The summed E-state index contributed by atoms with van der Waals surface area (Å²) in [5, 5.41) is 6.95. The highest BCUT2D eigenvalue weighted by Crippen LogP contribution is 2.23. The van der Waals surface area contributed by atoms with Crippen LogP contribution in [0.2, 0.25) is 0 Å². The quantitative estimate of drug-likeness (QED) is 0.770. The van der Waals surface area contributed by atoms with Gasteiger partial charge in [0, 0.05) is 25.1 Å². The molecule has 0 spiro atoms. The second kappa shape index (κ2) is 7.80. The van der Waals surface area contributed by atoms with Crippen LogP contribution in [0.15, 0.2) is 24.3 Å². The number of nitrogens with one attached hydrogen (secondary N) is 2. The van der Waals surface area contributed by atoms with E-state index in [9.17, 15) is 0 Å². The van der Waals surface area contributed by atoms with Crippen LogP contribution in [0.25, 0.3) is 0 Å². The molecule has 3 rings (SSSR count). The van der Waals surface area contributed by atoms with Crippen molar-refractivity contribution < 1.29 is 0 Å². The lowest BCUT2D eigenvalue weighted by atomic mass is 10.0. The first kappa shape index (κ1) is 17.6. The largest absolute Gasteiger partial charge is 0.368 e. The van der Waals surface area contributed by atoms with Crippen molar-refractivity contribution in [2.75, 3.05) is 44.8 Å². The third-order valence-corrected chi connectivity index (χ3v) is 4.75. The van der Waals surface area contributed by atoms with Gasteiger partial charge >= 0.3 is 0 Å². The van der Waals surface area contributed by atoms with E-state index in [0.29, 0.717) is 5.95 Å². The second-order valence-corrected chi connectivity index (χ2v) is 6.88. The summed E-state index contributed by atoms with van der Waals surface area (Å²) in [6.07, 6.45) is 1.82. The first-order valence-electron chi connectivity index (χ1n) is 8.87. The zero-order valence-corrected chi connectivity index (χ0v) is 15.3. The molecule has 1 aromatic heterocycles. The Labute approximate surface area is 149 Å². The summed E-state index contributed by atoms with van der Waals surface area (Å²) < 4.78 is 0. The molecule has 0 saturated carbocycles. The Balaban J connectivity index is 1.81. The van der Waals surface area contributed by atoms with Crippen LogP contribution in [0.4, 0.5) is 11.8 Å². The van der Waals surface area contributed by atoms with E-state index in [1.807, 2.05) is 0 Å². The molecule has 1 atom stereocenters. The van der Waals surface area contributed by atoms with Gasteiger partial charge in [-0.25, -0.2) is 4.98 Å². The summed E-state index contributed by atoms with van der Waals surface area (Å²) in [5.41, 5.74) is 10.8. The lowest BCUT2D eigenvalue weighted by molar-refractivity contribution is 0.311. The van der Waals surface area contributed by atoms with E-state index in [4.69, 9.17) is 5.73 Å². The van der Waals surface area contributed by atoms with E-state index in [0.717, 1.165) is 44.0 Å². The van der Waals surface area contributed by atoms with E-state index in [-0.39, 0.29) is 6.04 Å². The van der Waals surface area contributed by atoms with Gasteiger partial charge in [0.2, 0.25) is 5.95 Å². The smallest absolute Gasteiger partial charge is 0.222 e. The zero-order valence-electron chi connectivity index (χ0n) is 15.3. The van der Waals surface area contributed by atoms with Crippen molar-refractivity contribution in [1.82, 2.24) is 20.2 Å². The van der Waals surface area contributed by atoms with Gasteiger partial charge in [-0.15, -0.1) is 0 Å². The predicted octanol–water partition coefficient (Wildman–Crippen LogP) is 1.77. The average Bonchev–Trinajstić information content (AvgIpc) is 2.81. The average molecular weight is 340 g/mol. The minimum atomic E-state index is 0.261. The number of nitrogens with zero attached hydrogens (tertiary/aromatic N) is 3. The van der Waals surface area contributed by atoms with Crippen LogP contribution >= 0.6 is 0 Å². The van der Waals surface area contributed by atoms with Crippen molar-refractivity contribution in [2.24, 2.45) is 0 Å². The molecule has 1 aromatic carbocycles. The lowest BCUT2D eigenvalue weighted by Crippen LogP contribution is -2.27. The predicted molar refractivity (Wildman–Crippen MR) is 103 cm³/mol. The third-order valence-electron chi connectivity index (χ3n) is 4.75. The van der Waals surface area contributed by atoms with Gasteiger partial charge < -0.3 is 21.3 Å². The fourth-order valence-electron chi connectivity index (χ4n) is 3.29. The van der Waals surface area contributed by atoms with E-state index in [1.165, 1.54) is 16.7 Å². The van der Waals surface area contributed by atoms with Crippen LogP contribution in [0.3, 0.4) is 0 Å². The fourth-order valence-corrected chi connectivity index (χ4v) is 3.29. The van der Waals surface area contributed by atoms with Crippen LogP contribution < -0.4 is 16.4 Å². The normalized spacial score (nSPS) is 15.5. The van der Waals surface area contributed by atoms with Crippen LogP contribution in [-0.2, 0) is 12.8 Å². The maximum absolute atomic E-state index is 5.93. The topological polar surface area (TPSA) is 79.1 Å². The molecule has 0 saturated heterocycles. The molecule has 2 heterocycles. The summed E-state index contributed by atoms with van der Waals surface area (Å²) >= 11 is 0. The number of nitrogens with two attached hydrogens (primary N) is 1. The maximum Gasteiger partial charge on any atom is 0.222 e. The van der Waals surface area contributed by atoms with Crippen LogP contribution in [0, 0.1) is 6.92 Å². The number of hydrogen-bond acceptors (Lipinski definition) is 6. The first-order chi connectivity index (χ1) is 12.0. The molecule has 2 aromatic rings. The Morgan fingerprint density at radius 3 is 2.60 bits per heavy atom. The Hall–Kier alpha value is -2.18. The summed E-state index contributed by atoms with van der Waals surface area (Å²) in [4.78, 5) is 11.1. The number of fused-ring (bicyclic) bond motifs is 1. The molecule has 0 amide bonds. The molecule has 0 bridgehead atoms. The monoisotopic (exact) mass is 340 g/mol. The molecule has 1 aliphatic heterocycles. The highest BCUT2D eigenvalue weighted by Gasteiger charge is 2.18. The Kier molecular flexibility index (Phi) is 5.50. The molecule has 0 aliphatic carbocycles. The van der Waals surface area contributed by atoms with Crippen molar-refractivity contribution in [2.45, 2.75) is 25.8 Å². The molecule has 0 radical (unpaired) electrons. The third kappa shape index (κ3) is 4.27. The molecule has 6 nitrogen and oxygen atoms in total. The van der Waals surface area contributed by atoms with Crippen LogP contribution in [0.5, 0.6) is 0 Å². The molecule has 4 N–H and O–H groups in total. The summed E-state index contributed by atoms with van der Waals surface area (Å²) in [6.45, 7) is 4.77. The van der Waals surface area contributed by atoms with Gasteiger partial charge in [0.15, 0.2) is 0 Å². The molecule has 0 fully saturated rings. The zero-order chi connectivity index (χ0) is 17.8. The molecule has 0 unspecified atom stereocenters. The molecule has 25 heavy (non-hydrogen) atoms. The summed E-state index contributed by atoms with van der Waals surface area (Å²) in [5.74, 6) is 1.23. The summed E-state index contributed by atoms with van der Waals surface area (Å²) in [7, 11) is 4.20. The first-order valence-corrected chi connectivity index (χ1v) is 8.87. The Bertz CT molecular complexity index is 711. The van der Waals surface area contributed by atoms with Gasteiger partial charge in [0.05, 0.1) is 11.7 Å². The minimum Gasteiger partial charge on any atom is -0.368 e. The van der Waals surface area contributed by atoms with E-state index in [1.54, 1.807) is 0 Å². The Morgan fingerprint density at radius 1 is 1.16 bits per heavy atom. The van der Waals surface area contributed by atoms with Crippen molar-refractivity contribution in [1.29, 1.82) is 0 Å². The number of nitrogen functional groups attached to an aromatic ring is 1. The van der Waals surface area contributed by atoms with Crippen molar-refractivity contribution in [3.8, 4) is 0 Å². The van der Waals surface area contributed by atoms with Crippen molar-refractivity contribution in [3.05, 3.63) is 46.6 Å². The molecule has 1 aliphatic rings. The molecule has 134 valence electrons. The van der Waals surface area contributed by atoms with Crippen LogP contribution in [0.1, 0.15) is 28.4 Å². The fraction of sp³-hybridized carbons (Fsp3) is 0.474. The van der Waals surface area contributed by atoms with Gasteiger partial charge in [-0.1, -0.05) is 29.8 Å². The highest BCUT2D eigenvalue weighted by atomic mass is 15.2. The van der Waals surface area contributed by atoms with Crippen molar-refractivity contribution >= 4 is 11.8 Å². The number of rotatable bonds is 5. The standard InChI is InChI=1S/C19H28N6/c1-13-4-6-14(7-5-13)17(25(2)3)12-22-18-15-8-10-21-11-9-16(15)23-19(20)24-18/h4-7,17,21H,8-12H2,1-3H3,(H3,20,22,23,24)/t17-/m1/s1. The van der Waals surface area contributed by atoms with Gasteiger partial charge in [-0.3, -0.25) is 0 Å². The number of likely N-dealkylation sites (N-methyl/N-ethyl adjacent to an activating group) is 1. The summed E-state index contributed by atoms with van der Waals surface area (Å²) in [6, 6.07) is 8.97. The van der Waals surface area contributed by atoms with E-state index < -0.39 is 0 Å². The van der Waals surface area contributed by atoms with E-state index >= 15 is 0 Å². The number of hydrogen-bond donors (Lipinski definition) is 3. The maximum atomic E-state index is 5.93. The van der Waals surface area contributed by atoms with Gasteiger partial charge in [-0.05, 0) is 39.5 Å². The van der Waals surface area contributed by atoms with Gasteiger partial charge in [0.1, 0.15) is 5.82 Å². The lowest BCUT2D eigenvalue weighted by Gasteiger charge is -2.26. The number of aromatic nitrogens is 2. The van der Waals surface area contributed by atoms with Crippen molar-refractivity contribution in [3.63, 3.8) is 0 Å². The second-order valence-electron chi connectivity index (χ2n) is 6.88. The number of anilines is 2. The number of aryl methyl sites for hydroxylation is 1. The Morgan fingerprint density at radius 2 is 1.88 bits per heavy atom. The van der Waals surface area contributed by atoms with Crippen LogP contribution in [-0.4, -0.2) is 48.6 Å².